The number of rotatable bonds is 36. The number of hydrogen-bond acceptors (Lipinski definition) is 6. The first-order valence-corrected chi connectivity index (χ1v) is 20.6. The average molecular weight is 663 g/mol. The van der Waals surface area contributed by atoms with Crippen LogP contribution >= 0.6 is 7.82 Å². The molecule has 0 aromatic rings. The number of aliphatic hydroxyl groups is 1. The van der Waals surface area contributed by atoms with Crippen molar-refractivity contribution >= 4 is 13.7 Å². The molecule has 3 atom stereocenters. The van der Waals surface area contributed by atoms with Gasteiger partial charge < -0.3 is 21.1 Å². The van der Waals surface area contributed by atoms with Crippen LogP contribution in [0.3, 0.4) is 0 Å². The number of aliphatic hydroxyl groups excluding tert-OH is 1. The summed E-state index contributed by atoms with van der Waals surface area (Å²) in [5, 5.41) is 13.7. The Hall–Kier alpha value is -0.500. The largest absolute Gasteiger partial charge is 0.472 e. The minimum Gasteiger partial charge on any atom is -0.391 e. The van der Waals surface area contributed by atoms with Gasteiger partial charge in [-0.3, -0.25) is 13.8 Å². The highest BCUT2D eigenvalue weighted by Crippen LogP contribution is 2.43. The van der Waals surface area contributed by atoms with E-state index in [9.17, 15) is 19.4 Å². The third-order valence-electron chi connectivity index (χ3n) is 8.71. The lowest BCUT2D eigenvalue weighted by molar-refractivity contribution is -0.123. The molecule has 270 valence electrons. The van der Waals surface area contributed by atoms with Gasteiger partial charge in [-0.2, -0.15) is 0 Å². The number of carbonyl (C=O) groups is 1. The van der Waals surface area contributed by atoms with Crippen LogP contribution in [-0.4, -0.2) is 47.8 Å². The minimum atomic E-state index is -4.30. The highest BCUT2D eigenvalue weighted by molar-refractivity contribution is 7.47. The molecule has 0 bridgehead atoms. The molecule has 1 amide bonds. The van der Waals surface area contributed by atoms with Gasteiger partial charge in [0.15, 0.2) is 0 Å². The maximum atomic E-state index is 12.7. The number of phosphoric acid groups is 1. The molecule has 0 spiro atoms. The van der Waals surface area contributed by atoms with Crippen molar-refractivity contribution in [3.63, 3.8) is 0 Å². The van der Waals surface area contributed by atoms with E-state index in [4.69, 9.17) is 14.8 Å². The first-order chi connectivity index (χ1) is 21.9. The summed E-state index contributed by atoms with van der Waals surface area (Å²) in [5.41, 5.74) is 5.36. The van der Waals surface area contributed by atoms with Gasteiger partial charge in [0, 0.05) is 13.0 Å². The third-order valence-corrected chi connectivity index (χ3v) is 9.70. The van der Waals surface area contributed by atoms with Gasteiger partial charge in [-0.1, -0.05) is 174 Å². The summed E-state index contributed by atoms with van der Waals surface area (Å²) >= 11 is 0. The predicted octanol–water partition coefficient (Wildman–Crippen LogP) is 9.89. The summed E-state index contributed by atoms with van der Waals surface area (Å²) in [6.45, 7) is 4.20. The van der Waals surface area contributed by atoms with Crippen molar-refractivity contribution in [3.05, 3.63) is 0 Å². The van der Waals surface area contributed by atoms with Crippen LogP contribution < -0.4 is 11.1 Å². The Labute approximate surface area is 278 Å². The zero-order valence-corrected chi connectivity index (χ0v) is 30.5. The van der Waals surface area contributed by atoms with E-state index in [2.05, 4.69) is 19.2 Å². The van der Waals surface area contributed by atoms with E-state index in [1.165, 1.54) is 128 Å². The lowest BCUT2D eigenvalue weighted by Crippen LogP contribution is -2.46. The van der Waals surface area contributed by atoms with E-state index in [-0.39, 0.29) is 25.7 Å². The first-order valence-electron chi connectivity index (χ1n) is 19.2. The maximum Gasteiger partial charge on any atom is 0.472 e. The van der Waals surface area contributed by atoms with E-state index in [1.54, 1.807) is 0 Å². The van der Waals surface area contributed by atoms with Gasteiger partial charge in [0.25, 0.3) is 0 Å². The molecular formula is C36H75N2O6P. The van der Waals surface area contributed by atoms with Crippen LogP contribution in [0.1, 0.15) is 194 Å². The SMILES string of the molecule is CCCCCCCCCCCCCCCCCC(O)C(COP(=O)(O)OCCN)NC(=O)CCCCCCCCCCCCC. The van der Waals surface area contributed by atoms with Crippen LogP contribution in [0.25, 0.3) is 0 Å². The Morgan fingerprint density at radius 2 is 1.02 bits per heavy atom. The van der Waals surface area contributed by atoms with Crippen molar-refractivity contribution < 1.29 is 28.4 Å². The predicted molar refractivity (Wildman–Crippen MR) is 189 cm³/mol. The van der Waals surface area contributed by atoms with Gasteiger partial charge in [0.2, 0.25) is 5.91 Å². The molecule has 0 aliphatic heterocycles. The van der Waals surface area contributed by atoms with Crippen molar-refractivity contribution in [2.24, 2.45) is 5.73 Å². The number of phosphoric ester groups is 1. The molecule has 0 aromatic heterocycles. The number of nitrogens with two attached hydrogens (primary N) is 1. The monoisotopic (exact) mass is 663 g/mol. The van der Waals surface area contributed by atoms with Crippen molar-refractivity contribution in [2.75, 3.05) is 19.8 Å². The summed E-state index contributed by atoms with van der Waals surface area (Å²) in [6.07, 6.45) is 32.4. The maximum absolute atomic E-state index is 12.7. The van der Waals surface area contributed by atoms with E-state index >= 15 is 0 Å². The van der Waals surface area contributed by atoms with Crippen molar-refractivity contribution in [3.8, 4) is 0 Å². The molecule has 0 aliphatic carbocycles. The zero-order valence-electron chi connectivity index (χ0n) is 29.6. The Morgan fingerprint density at radius 3 is 1.42 bits per heavy atom. The quantitative estimate of drug-likeness (QED) is 0.0388. The molecule has 0 aromatic carbocycles. The number of amides is 1. The van der Waals surface area contributed by atoms with E-state index in [1.807, 2.05) is 0 Å². The number of carbonyl (C=O) groups excluding carboxylic acids is 1. The smallest absolute Gasteiger partial charge is 0.391 e. The fourth-order valence-corrected chi connectivity index (χ4v) is 6.54. The first kappa shape index (κ1) is 44.5. The second-order valence-electron chi connectivity index (χ2n) is 13.2. The second kappa shape index (κ2) is 33.4. The van der Waals surface area contributed by atoms with Crippen molar-refractivity contribution in [1.82, 2.24) is 5.32 Å². The average Bonchev–Trinajstić information content (AvgIpc) is 3.02. The molecule has 3 unspecified atom stereocenters. The number of nitrogens with one attached hydrogen (secondary N) is 1. The summed E-state index contributed by atoms with van der Waals surface area (Å²) in [6, 6.07) is -0.765. The van der Waals surface area contributed by atoms with Crippen molar-refractivity contribution in [2.45, 2.75) is 206 Å². The van der Waals surface area contributed by atoms with Crippen LogP contribution in [-0.2, 0) is 18.4 Å². The normalized spacial score (nSPS) is 14.3. The van der Waals surface area contributed by atoms with Gasteiger partial charge in [-0.05, 0) is 12.8 Å². The lowest BCUT2D eigenvalue weighted by Gasteiger charge is -2.25. The zero-order chi connectivity index (χ0) is 33.3. The van der Waals surface area contributed by atoms with Crippen LogP contribution in [0, 0.1) is 0 Å². The topological polar surface area (TPSA) is 131 Å². The fourth-order valence-electron chi connectivity index (χ4n) is 5.78. The number of unbranched alkanes of at least 4 members (excludes halogenated alkanes) is 24. The molecule has 0 rings (SSSR count). The molecule has 0 saturated heterocycles. The molecule has 0 radical (unpaired) electrons. The molecule has 9 heteroatoms. The summed E-state index contributed by atoms with van der Waals surface area (Å²) < 4.78 is 22.1. The van der Waals surface area contributed by atoms with E-state index in [0.717, 1.165) is 38.5 Å². The van der Waals surface area contributed by atoms with Crippen LogP contribution in [0.15, 0.2) is 0 Å². The molecule has 8 nitrogen and oxygen atoms in total. The van der Waals surface area contributed by atoms with Gasteiger partial charge >= 0.3 is 7.82 Å². The van der Waals surface area contributed by atoms with Gasteiger partial charge in [-0.15, -0.1) is 0 Å². The Kier molecular flexibility index (Phi) is 33.0. The summed E-state index contributed by atoms with van der Waals surface area (Å²) in [7, 11) is -4.30. The van der Waals surface area contributed by atoms with E-state index in [0.29, 0.717) is 12.8 Å². The molecule has 0 saturated carbocycles. The Bertz CT molecular complexity index is 684. The third kappa shape index (κ3) is 31.8. The van der Waals surface area contributed by atoms with Gasteiger partial charge in [0.1, 0.15) is 0 Å². The summed E-state index contributed by atoms with van der Waals surface area (Å²) in [5.74, 6) is -0.161. The molecular weight excluding hydrogens is 587 g/mol. The standard InChI is InChI=1S/C36H75N2O6P/c1-3-5-7-9-11-13-15-16-17-18-20-21-23-25-27-29-35(39)34(33-44-45(41,42)43-32-31-37)38-36(40)30-28-26-24-22-19-14-12-10-8-6-4-2/h34-35,39H,3-33,37H2,1-2H3,(H,38,40)(H,41,42). The summed E-state index contributed by atoms with van der Waals surface area (Å²) in [4.78, 5) is 22.6. The van der Waals surface area contributed by atoms with Crippen LogP contribution in [0.2, 0.25) is 0 Å². The molecule has 0 heterocycles. The molecule has 5 N–H and O–H groups in total. The van der Waals surface area contributed by atoms with Crippen molar-refractivity contribution in [1.29, 1.82) is 0 Å². The Balaban J connectivity index is 4.21. The fraction of sp³-hybridized carbons (Fsp3) is 0.972. The lowest BCUT2D eigenvalue weighted by atomic mass is 10.0. The highest BCUT2D eigenvalue weighted by Gasteiger charge is 2.27. The molecule has 0 aliphatic rings. The highest BCUT2D eigenvalue weighted by atomic mass is 31.2. The van der Waals surface area contributed by atoms with Gasteiger partial charge in [0.05, 0.1) is 25.4 Å². The molecule has 0 fully saturated rings. The number of hydrogen-bond donors (Lipinski definition) is 4. The minimum absolute atomic E-state index is 0.0921. The van der Waals surface area contributed by atoms with Crippen LogP contribution in [0.4, 0.5) is 0 Å². The second-order valence-corrected chi connectivity index (χ2v) is 14.6. The van der Waals surface area contributed by atoms with Crippen LogP contribution in [0.5, 0.6) is 0 Å². The molecule has 45 heavy (non-hydrogen) atoms. The van der Waals surface area contributed by atoms with E-state index < -0.39 is 20.0 Å². The van der Waals surface area contributed by atoms with Gasteiger partial charge in [-0.25, -0.2) is 4.57 Å². The Morgan fingerprint density at radius 1 is 0.644 bits per heavy atom.